The number of aromatic hydroxyl groups is 1. The van der Waals surface area contributed by atoms with Crippen LogP contribution in [0.1, 0.15) is 34.2 Å². The lowest BCUT2D eigenvalue weighted by Crippen LogP contribution is -2.14. The third kappa shape index (κ3) is 4.89. The molecular formula is C24H21BrN2O7S2. The van der Waals surface area contributed by atoms with Gasteiger partial charge in [-0.1, -0.05) is 6.92 Å². The molecule has 12 heteroatoms. The molecule has 4 aromatic rings. The van der Waals surface area contributed by atoms with E-state index in [-0.39, 0.29) is 32.6 Å². The smallest absolute Gasteiger partial charge is 0.262 e. The van der Waals surface area contributed by atoms with Gasteiger partial charge in [-0.3, -0.25) is 9.52 Å². The van der Waals surface area contributed by atoms with E-state index in [9.17, 15) is 26.7 Å². The van der Waals surface area contributed by atoms with E-state index in [1.807, 2.05) is 6.92 Å². The van der Waals surface area contributed by atoms with Gasteiger partial charge in [-0.25, -0.2) is 22.0 Å². The second-order valence-electron chi connectivity index (χ2n) is 8.04. The summed E-state index contributed by atoms with van der Waals surface area (Å²) in [4.78, 5) is 13.1. The molecule has 0 saturated heterocycles. The Balaban J connectivity index is 1.72. The fraction of sp³-hybridized carbons (Fsp3) is 0.125. The summed E-state index contributed by atoms with van der Waals surface area (Å²) < 4.78 is 57.4. The van der Waals surface area contributed by atoms with Gasteiger partial charge in [0.15, 0.2) is 5.78 Å². The Labute approximate surface area is 216 Å². The Bertz CT molecular complexity index is 1700. The van der Waals surface area contributed by atoms with Crippen molar-refractivity contribution in [3.05, 3.63) is 81.5 Å². The standard InChI is InChI=1S/C24H21BrN2O7S2/c1-3-20-22(24(29)14-10-13(2)23(28)19(25)11-14)18-9-8-17(12-21(18)34-20)36(32,33)27-15-4-6-16(7-5-15)35(26,30)31/h4-12,27-28H,3H2,1-2H3,(H2,26,30,31). The number of anilines is 1. The molecule has 0 aliphatic rings. The van der Waals surface area contributed by atoms with Gasteiger partial charge in [0.25, 0.3) is 10.0 Å². The molecule has 4 N–H and O–H groups in total. The summed E-state index contributed by atoms with van der Waals surface area (Å²) in [5.41, 5.74) is 1.54. The van der Waals surface area contributed by atoms with E-state index >= 15 is 0 Å². The number of nitrogens with one attached hydrogen (secondary N) is 1. The number of halogens is 1. The van der Waals surface area contributed by atoms with Gasteiger partial charge in [0, 0.05) is 29.1 Å². The van der Waals surface area contributed by atoms with Crippen LogP contribution in [0.5, 0.6) is 5.75 Å². The zero-order chi connectivity index (χ0) is 26.4. The Morgan fingerprint density at radius 2 is 1.67 bits per heavy atom. The molecular weight excluding hydrogens is 572 g/mol. The number of phenolic OH excluding ortho intramolecular Hbond substituents is 1. The molecule has 0 spiro atoms. The number of benzene rings is 3. The average molecular weight is 593 g/mol. The van der Waals surface area contributed by atoms with Crippen LogP contribution in [-0.4, -0.2) is 27.7 Å². The molecule has 0 unspecified atom stereocenters. The Morgan fingerprint density at radius 1 is 1.03 bits per heavy atom. The number of sulfonamides is 2. The van der Waals surface area contributed by atoms with Crippen LogP contribution in [-0.2, 0) is 26.5 Å². The van der Waals surface area contributed by atoms with Crippen molar-refractivity contribution in [3.63, 3.8) is 0 Å². The van der Waals surface area contributed by atoms with Crippen LogP contribution in [0, 0.1) is 6.92 Å². The maximum Gasteiger partial charge on any atom is 0.262 e. The van der Waals surface area contributed by atoms with Gasteiger partial charge in [-0.05, 0) is 76.9 Å². The Hall–Kier alpha value is -3.19. The number of hydrogen-bond acceptors (Lipinski definition) is 7. The molecule has 0 atom stereocenters. The number of aryl methyl sites for hydroxylation is 2. The number of ketones is 1. The van der Waals surface area contributed by atoms with Gasteiger partial charge in [-0.2, -0.15) is 0 Å². The molecule has 0 saturated carbocycles. The highest BCUT2D eigenvalue weighted by atomic mass is 79.9. The topological polar surface area (TPSA) is 157 Å². The number of hydrogen-bond donors (Lipinski definition) is 3. The maximum atomic E-state index is 13.4. The van der Waals surface area contributed by atoms with Gasteiger partial charge in [0.05, 0.1) is 19.8 Å². The summed E-state index contributed by atoms with van der Waals surface area (Å²) in [6, 6.07) is 12.2. The summed E-state index contributed by atoms with van der Waals surface area (Å²) in [6.07, 6.45) is 0.394. The molecule has 4 rings (SSSR count). The van der Waals surface area contributed by atoms with Crippen molar-refractivity contribution in [2.45, 2.75) is 30.1 Å². The minimum absolute atomic E-state index is 0.0426. The first-order valence-corrected chi connectivity index (χ1v) is 14.4. The molecule has 0 fully saturated rings. The predicted molar refractivity (Wildman–Crippen MR) is 138 cm³/mol. The molecule has 9 nitrogen and oxygen atoms in total. The summed E-state index contributed by atoms with van der Waals surface area (Å²) >= 11 is 3.25. The Kier molecular flexibility index (Phi) is 6.73. The van der Waals surface area contributed by atoms with E-state index in [1.54, 1.807) is 13.0 Å². The summed E-state index contributed by atoms with van der Waals surface area (Å²) in [6.45, 7) is 3.49. The zero-order valence-corrected chi connectivity index (χ0v) is 22.3. The highest BCUT2D eigenvalue weighted by molar-refractivity contribution is 9.10. The summed E-state index contributed by atoms with van der Waals surface area (Å²) in [5.74, 6) is 0.122. The van der Waals surface area contributed by atoms with Crippen LogP contribution in [0.3, 0.4) is 0 Å². The molecule has 1 aromatic heterocycles. The molecule has 0 aliphatic carbocycles. The number of furan rings is 1. The number of phenols is 1. The van der Waals surface area contributed by atoms with Gasteiger partial charge in [-0.15, -0.1) is 0 Å². The third-order valence-corrected chi connectivity index (χ3v) is 8.46. The number of carbonyl (C=O) groups is 1. The SMILES string of the molecule is CCc1oc2cc(S(=O)(=O)Nc3ccc(S(N)(=O)=O)cc3)ccc2c1C(=O)c1cc(C)c(O)c(Br)c1. The maximum absolute atomic E-state index is 13.4. The van der Waals surface area contributed by atoms with E-state index in [4.69, 9.17) is 9.56 Å². The van der Waals surface area contributed by atoms with E-state index in [0.29, 0.717) is 38.7 Å². The van der Waals surface area contributed by atoms with Crippen molar-refractivity contribution in [2.24, 2.45) is 5.14 Å². The first-order valence-electron chi connectivity index (χ1n) is 10.6. The van der Waals surface area contributed by atoms with Gasteiger partial charge >= 0.3 is 0 Å². The molecule has 0 aliphatic heterocycles. The fourth-order valence-electron chi connectivity index (χ4n) is 3.73. The van der Waals surface area contributed by atoms with Crippen LogP contribution in [0.4, 0.5) is 5.69 Å². The lowest BCUT2D eigenvalue weighted by molar-refractivity contribution is 0.103. The second kappa shape index (κ2) is 9.36. The van der Waals surface area contributed by atoms with Crippen molar-refractivity contribution >= 4 is 58.4 Å². The van der Waals surface area contributed by atoms with Crippen LogP contribution in [0.15, 0.2) is 73.3 Å². The molecule has 0 radical (unpaired) electrons. The van der Waals surface area contributed by atoms with Gasteiger partial charge in [0.2, 0.25) is 10.0 Å². The van der Waals surface area contributed by atoms with Crippen molar-refractivity contribution in [1.82, 2.24) is 0 Å². The largest absolute Gasteiger partial charge is 0.506 e. The molecule has 0 bridgehead atoms. The Morgan fingerprint density at radius 3 is 2.25 bits per heavy atom. The number of rotatable bonds is 7. The highest BCUT2D eigenvalue weighted by Gasteiger charge is 2.24. The van der Waals surface area contributed by atoms with Crippen molar-refractivity contribution in [2.75, 3.05) is 4.72 Å². The minimum Gasteiger partial charge on any atom is -0.506 e. The van der Waals surface area contributed by atoms with Crippen LogP contribution in [0.2, 0.25) is 0 Å². The van der Waals surface area contributed by atoms with Crippen LogP contribution >= 0.6 is 15.9 Å². The van der Waals surface area contributed by atoms with Gasteiger partial charge < -0.3 is 9.52 Å². The summed E-state index contributed by atoms with van der Waals surface area (Å²) in [5, 5.41) is 15.5. The minimum atomic E-state index is -4.06. The van der Waals surface area contributed by atoms with Crippen LogP contribution < -0.4 is 9.86 Å². The van der Waals surface area contributed by atoms with E-state index < -0.39 is 20.0 Å². The van der Waals surface area contributed by atoms with Crippen molar-refractivity contribution in [1.29, 1.82) is 0 Å². The number of fused-ring (bicyclic) bond motifs is 1. The lowest BCUT2D eigenvalue weighted by atomic mass is 9.98. The van der Waals surface area contributed by atoms with Crippen LogP contribution in [0.25, 0.3) is 11.0 Å². The quantitative estimate of drug-likeness (QED) is 0.267. The lowest BCUT2D eigenvalue weighted by Gasteiger charge is -2.09. The summed E-state index contributed by atoms with van der Waals surface area (Å²) in [7, 11) is -7.97. The average Bonchev–Trinajstić information content (AvgIpc) is 3.19. The first kappa shape index (κ1) is 25.9. The number of carbonyl (C=O) groups excluding carboxylic acids is 1. The first-order chi connectivity index (χ1) is 16.8. The molecule has 188 valence electrons. The molecule has 3 aromatic carbocycles. The normalized spacial score (nSPS) is 12.1. The fourth-order valence-corrected chi connectivity index (χ4v) is 5.88. The predicted octanol–water partition coefficient (Wildman–Crippen LogP) is 4.45. The van der Waals surface area contributed by atoms with Gasteiger partial charge in [0.1, 0.15) is 17.1 Å². The van der Waals surface area contributed by atoms with E-state index in [1.165, 1.54) is 48.5 Å². The van der Waals surface area contributed by atoms with E-state index in [0.717, 1.165) is 0 Å². The highest BCUT2D eigenvalue weighted by Crippen LogP contribution is 2.34. The molecule has 1 heterocycles. The number of nitrogens with two attached hydrogens (primary N) is 1. The monoisotopic (exact) mass is 592 g/mol. The molecule has 0 amide bonds. The van der Waals surface area contributed by atoms with Crippen molar-refractivity contribution in [3.8, 4) is 5.75 Å². The van der Waals surface area contributed by atoms with Crippen molar-refractivity contribution < 1.29 is 31.2 Å². The number of primary sulfonamides is 1. The third-order valence-electron chi connectivity index (χ3n) is 5.54. The second-order valence-corrected chi connectivity index (χ2v) is 12.1. The van der Waals surface area contributed by atoms with E-state index in [2.05, 4.69) is 20.7 Å². The zero-order valence-electron chi connectivity index (χ0n) is 19.1. The molecule has 36 heavy (non-hydrogen) atoms.